The van der Waals surface area contributed by atoms with Crippen molar-refractivity contribution in [3.8, 4) is 6.07 Å². The minimum Gasteiger partial charge on any atom is -0.303 e. The van der Waals surface area contributed by atoms with Gasteiger partial charge in [0.25, 0.3) is 0 Å². The highest BCUT2D eigenvalue weighted by Gasteiger charge is 2.31. The van der Waals surface area contributed by atoms with Gasteiger partial charge < -0.3 is 4.90 Å². The molecule has 1 aliphatic carbocycles. The molecule has 2 fully saturated rings. The largest absolute Gasteiger partial charge is 0.303 e. The zero-order chi connectivity index (χ0) is 12.8. The molecule has 1 N–H and O–H groups in total. The van der Waals surface area contributed by atoms with Gasteiger partial charge in [0.1, 0.15) is 5.54 Å². The van der Waals surface area contributed by atoms with Crippen molar-refractivity contribution in [1.29, 1.82) is 5.26 Å². The van der Waals surface area contributed by atoms with E-state index in [0.29, 0.717) is 6.04 Å². The molecule has 0 bridgehead atoms. The summed E-state index contributed by atoms with van der Waals surface area (Å²) in [7, 11) is 0. The third kappa shape index (κ3) is 4.59. The molecule has 1 atom stereocenters. The summed E-state index contributed by atoms with van der Waals surface area (Å²) >= 11 is 0. The number of nitrogens with zero attached hydrogens (tertiary/aromatic N) is 2. The van der Waals surface area contributed by atoms with Gasteiger partial charge in [-0.2, -0.15) is 5.26 Å². The number of likely N-dealkylation sites (tertiary alicyclic amines) is 1. The molecule has 2 aliphatic rings. The van der Waals surface area contributed by atoms with Gasteiger partial charge in [-0.1, -0.05) is 6.42 Å². The topological polar surface area (TPSA) is 39.1 Å². The van der Waals surface area contributed by atoms with E-state index in [0.717, 1.165) is 6.42 Å². The Morgan fingerprint density at radius 3 is 2.56 bits per heavy atom. The van der Waals surface area contributed by atoms with Crippen LogP contribution in [-0.2, 0) is 0 Å². The molecule has 0 radical (unpaired) electrons. The molecule has 1 saturated heterocycles. The molecule has 1 saturated carbocycles. The number of nitrogens with one attached hydrogen (secondary N) is 1. The fourth-order valence-electron chi connectivity index (χ4n) is 2.84. The molecule has 18 heavy (non-hydrogen) atoms. The van der Waals surface area contributed by atoms with Gasteiger partial charge in [-0.25, -0.2) is 0 Å². The summed E-state index contributed by atoms with van der Waals surface area (Å²) in [5.74, 6) is 0. The Balaban J connectivity index is 1.59. The number of nitriles is 1. The van der Waals surface area contributed by atoms with Crippen LogP contribution >= 0.6 is 0 Å². The molecule has 0 aromatic carbocycles. The summed E-state index contributed by atoms with van der Waals surface area (Å²) in [6, 6.07) is 3.09. The third-order valence-electron chi connectivity index (χ3n) is 4.20. The first-order valence-electron chi connectivity index (χ1n) is 7.63. The molecule has 1 aliphatic heterocycles. The maximum Gasteiger partial charge on any atom is 0.104 e. The molecular weight excluding hydrogens is 222 g/mol. The van der Waals surface area contributed by atoms with Gasteiger partial charge >= 0.3 is 0 Å². The zero-order valence-corrected chi connectivity index (χ0v) is 11.7. The third-order valence-corrected chi connectivity index (χ3v) is 4.20. The van der Waals surface area contributed by atoms with Crippen LogP contribution in [0, 0.1) is 11.3 Å². The Morgan fingerprint density at radius 1 is 1.22 bits per heavy atom. The van der Waals surface area contributed by atoms with Crippen LogP contribution in [0.4, 0.5) is 0 Å². The average molecular weight is 249 g/mol. The van der Waals surface area contributed by atoms with Gasteiger partial charge in [-0.05, 0) is 71.5 Å². The minimum atomic E-state index is -0.289. The van der Waals surface area contributed by atoms with E-state index in [-0.39, 0.29) is 5.54 Å². The lowest BCUT2D eigenvalue weighted by Crippen LogP contribution is -2.42. The first-order chi connectivity index (χ1) is 8.72. The summed E-state index contributed by atoms with van der Waals surface area (Å²) in [5.41, 5.74) is -0.289. The lowest BCUT2D eigenvalue weighted by Gasteiger charge is -2.27. The molecule has 2 rings (SSSR count). The van der Waals surface area contributed by atoms with Crippen LogP contribution in [0.5, 0.6) is 0 Å². The van der Waals surface area contributed by atoms with Crippen LogP contribution in [0.15, 0.2) is 0 Å². The van der Waals surface area contributed by atoms with E-state index >= 15 is 0 Å². The fraction of sp³-hybridized carbons (Fsp3) is 0.933. The number of hydrogen-bond acceptors (Lipinski definition) is 3. The van der Waals surface area contributed by atoms with Gasteiger partial charge in [0.2, 0.25) is 0 Å². The second-order valence-corrected chi connectivity index (χ2v) is 6.22. The highest BCUT2D eigenvalue weighted by atomic mass is 15.1. The summed E-state index contributed by atoms with van der Waals surface area (Å²) in [6.07, 6.45) is 10.1. The van der Waals surface area contributed by atoms with Gasteiger partial charge in [-0.3, -0.25) is 5.32 Å². The van der Waals surface area contributed by atoms with Crippen molar-refractivity contribution in [2.24, 2.45) is 0 Å². The molecule has 0 amide bonds. The molecule has 3 nitrogen and oxygen atoms in total. The van der Waals surface area contributed by atoms with Gasteiger partial charge in [0, 0.05) is 6.04 Å². The van der Waals surface area contributed by atoms with Crippen molar-refractivity contribution in [3.05, 3.63) is 0 Å². The van der Waals surface area contributed by atoms with E-state index in [1.807, 2.05) is 0 Å². The normalized spacial score (nSPS) is 24.4. The van der Waals surface area contributed by atoms with Crippen molar-refractivity contribution in [2.75, 3.05) is 19.6 Å². The predicted molar refractivity (Wildman–Crippen MR) is 74.3 cm³/mol. The van der Waals surface area contributed by atoms with E-state index in [4.69, 9.17) is 0 Å². The standard InChI is InChI=1S/C15H27N3/c1-15(13-16,17-14-7-8-14)9-3-6-12-18-10-4-2-5-11-18/h14,17H,2-12H2,1H3. The first-order valence-corrected chi connectivity index (χ1v) is 7.63. The molecule has 0 aromatic rings. The van der Waals surface area contributed by atoms with Gasteiger partial charge in [0.05, 0.1) is 6.07 Å². The van der Waals surface area contributed by atoms with E-state index in [2.05, 4.69) is 23.2 Å². The van der Waals surface area contributed by atoms with Crippen LogP contribution in [0.2, 0.25) is 0 Å². The monoisotopic (exact) mass is 249 g/mol. The van der Waals surface area contributed by atoms with E-state index < -0.39 is 0 Å². The SMILES string of the molecule is CC(C#N)(CCCCN1CCCCC1)NC1CC1. The minimum absolute atomic E-state index is 0.289. The van der Waals surface area contributed by atoms with E-state index in [1.165, 1.54) is 64.6 Å². The molecule has 0 aromatic heterocycles. The Kier molecular flexibility index (Phi) is 5.03. The Bertz CT molecular complexity index is 287. The Labute approximate surface area is 112 Å². The summed E-state index contributed by atoms with van der Waals surface area (Å²) in [4.78, 5) is 2.58. The summed E-state index contributed by atoms with van der Waals surface area (Å²) < 4.78 is 0. The smallest absolute Gasteiger partial charge is 0.104 e. The Hall–Kier alpha value is -0.590. The molecule has 102 valence electrons. The van der Waals surface area contributed by atoms with Crippen molar-refractivity contribution in [2.45, 2.75) is 69.9 Å². The second-order valence-electron chi connectivity index (χ2n) is 6.22. The molecular formula is C15H27N3. The molecule has 1 heterocycles. The van der Waals surface area contributed by atoms with Crippen LogP contribution in [-0.4, -0.2) is 36.1 Å². The quantitative estimate of drug-likeness (QED) is 0.705. The summed E-state index contributed by atoms with van der Waals surface area (Å²) in [6.45, 7) is 5.86. The van der Waals surface area contributed by atoms with Gasteiger partial charge in [-0.15, -0.1) is 0 Å². The maximum absolute atomic E-state index is 9.29. The van der Waals surface area contributed by atoms with Crippen LogP contribution in [0.3, 0.4) is 0 Å². The molecule has 0 spiro atoms. The van der Waals surface area contributed by atoms with Crippen molar-refractivity contribution in [1.82, 2.24) is 10.2 Å². The van der Waals surface area contributed by atoms with Crippen molar-refractivity contribution in [3.63, 3.8) is 0 Å². The number of unbranched alkanes of at least 4 members (excludes halogenated alkanes) is 1. The zero-order valence-electron chi connectivity index (χ0n) is 11.7. The van der Waals surface area contributed by atoms with Crippen LogP contribution in [0.1, 0.15) is 58.3 Å². The first kappa shape index (κ1) is 13.8. The highest BCUT2D eigenvalue weighted by molar-refractivity contribution is 5.06. The van der Waals surface area contributed by atoms with Crippen LogP contribution in [0.25, 0.3) is 0 Å². The lowest BCUT2D eigenvalue weighted by atomic mass is 9.96. The van der Waals surface area contributed by atoms with E-state index in [1.54, 1.807) is 0 Å². The molecule has 3 heteroatoms. The number of rotatable bonds is 7. The number of piperidine rings is 1. The average Bonchev–Trinajstić information content (AvgIpc) is 3.20. The summed E-state index contributed by atoms with van der Waals surface area (Å²) in [5, 5.41) is 12.8. The maximum atomic E-state index is 9.29. The van der Waals surface area contributed by atoms with Crippen molar-refractivity contribution >= 4 is 0 Å². The Morgan fingerprint density at radius 2 is 1.94 bits per heavy atom. The lowest BCUT2D eigenvalue weighted by molar-refractivity contribution is 0.222. The van der Waals surface area contributed by atoms with E-state index in [9.17, 15) is 5.26 Å². The van der Waals surface area contributed by atoms with Crippen molar-refractivity contribution < 1.29 is 0 Å². The van der Waals surface area contributed by atoms with Gasteiger partial charge in [0.15, 0.2) is 0 Å². The number of hydrogen-bond donors (Lipinski definition) is 1. The molecule has 1 unspecified atom stereocenters. The second kappa shape index (κ2) is 6.54. The predicted octanol–water partition coefficient (Wildman–Crippen LogP) is 2.68. The fourth-order valence-corrected chi connectivity index (χ4v) is 2.84. The highest BCUT2D eigenvalue weighted by Crippen LogP contribution is 2.24. The van der Waals surface area contributed by atoms with Crippen LogP contribution < -0.4 is 5.32 Å².